The molecule has 0 aliphatic heterocycles. The third kappa shape index (κ3) is 29.9. The minimum absolute atomic E-state index is 0. The van der Waals surface area contributed by atoms with Gasteiger partial charge in [0.15, 0.2) is 0 Å². The third-order valence-electron chi connectivity index (χ3n) is 3.22. The zero-order valence-corrected chi connectivity index (χ0v) is 15.8. The Bertz CT molecular complexity index is 497. The van der Waals surface area contributed by atoms with Gasteiger partial charge < -0.3 is 18.9 Å². The maximum atomic E-state index is 10.2. The van der Waals surface area contributed by atoms with Crippen LogP contribution in [0.1, 0.15) is 79.7 Å². The Balaban J connectivity index is -0.000000149. The largest absolute Gasteiger partial charge is 0.422 e. The number of ether oxygens (including phenoxy) is 4. The molecule has 9 nitrogen and oxygen atoms in total. The topological polar surface area (TPSA) is 120 Å². The molecule has 0 heterocycles. The van der Waals surface area contributed by atoms with Gasteiger partial charge in [-0.2, -0.15) is 5.26 Å². The molecule has 0 radical (unpaired) electrons. The second-order valence-electron chi connectivity index (χ2n) is 6.51. The molecule has 0 N–H and O–H groups in total. The van der Waals surface area contributed by atoms with E-state index in [-0.39, 0.29) is 90.0 Å². The van der Waals surface area contributed by atoms with Gasteiger partial charge in [-0.05, 0) is 20.8 Å². The lowest BCUT2D eigenvalue weighted by molar-refractivity contribution is -0.0731. The van der Waals surface area contributed by atoms with Gasteiger partial charge in [-0.15, -0.1) is 0 Å². The molecule has 0 saturated carbocycles. The van der Waals surface area contributed by atoms with E-state index in [1.807, 2.05) is 6.92 Å². The van der Waals surface area contributed by atoms with Gasteiger partial charge in [-0.25, -0.2) is 19.6 Å². The molecule has 3 unspecified atom stereocenters. The Morgan fingerprint density at radius 3 is 1.36 bits per heavy atom. The first kappa shape index (κ1) is 52.7. The molecule has 0 spiro atoms. The lowest BCUT2D eigenvalue weighted by Crippen LogP contribution is -2.36. The van der Waals surface area contributed by atoms with E-state index >= 15 is 0 Å². The highest BCUT2D eigenvalue weighted by molar-refractivity contribution is 5.33. The van der Waals surface area contributed by atoms with Crippen LogP contribution in [-0.2, 0) is 28.5 Å². The second-order valence-corrected chi connectivity index (χ2v) is 6.51. The molecule has 9 heteroatoms. The number of nitriles is 1. The average Bonchev–Trinajstić information content (AvgIpc) is 2.55. The first-order valence-electron chi connectivity index (χ1n) is 8.28. The lowest BCUT2D eigenvalue weighted by Gasteiger charge is -2.29. The van der Waals surface area contributed by atoms with Crippen molar-refractivity contribution < 1.29 is 28.5 Å². The van der Waals surface area contributed by atoms with Crippen LogP contribution < -0.4 is 0 Å². The van der Waals surface area contributed by atoms with Crippen LogP contribution in [0.2, 0.25) is 0 Å². The van der Waals surface area contributed by atoms with Crippen molar-refractivity contribution in [2.24, 2.45) is 15.4 Å². The van der Waals surface area contributed by atoms with E-state index in [0.29, 0.717) is 19.8 Å². The summed E-state index contributed by atoms with van der Waals surface area (Å²) in [6.45, 7) is 8.86. The van der Waals surface area contributed by atoms with Crippen molar-refractivity contribution in [1.29, 1.82) is 5.26 Å². The Morgan fingerprint density at radius 1 is 0.727 bits per heavy atom. The van der Waals surface area contributed by atoms with Gasteiger partial charge in [-0.1, -0.05) is 58.9 Å². The van der Waals surface area contributed by atoms with Gasteiger partial charge >= 0.3 is 0 Å². The minimum Gasteiger partial charge on any atom is -0.422 e. The Kier molecular flexibility index (Phi) is 51.3. The van der Waals surface area contributed by atoms with Gasteiger partial charge in [0.25, 0.3) is 6.26 Å². The number of hydrogen-bond acceptors (Lipinski definition) is 9. The fraction of sp³-hybridized carbons (Fsp3) is 0.875. The molecule has 0 aliphatic carbocycles. The molecule has 0 rings (SSSR count). The Hall–Kier alpha value is -2.07. The molecular weight excluding hydrogens is 426 g/mol. The zero-order valence-electron chi connectivity index (χ0n) is 15.8. The summed E-state index contributed by atoms with van der Waals surface area (Å²) in [7, 11) is 0. The lowest BCUT2D eigenvalue weighted by atomic mass is 9.94. The number of aliphatic imine (C=N–C) groups is 2. The van der Waals surface area contributed by atoms with Crippen molar-refractivity contribution in [2.75, 3.05) is 39.6 Å². The number of rotatable bonds is 15. The SMILES string of the molecule is C.C.C.C.C.C.C.CC(COCC(C)(COCC(C)N=C=O)COCC(C)OC#N)N=C=O. The van der Waals surface area contributed by atoms with E-state index in [0.717, 1.165) is 0 Å². The molecule has 0 aliphatic rings. The molecule has 0 fully saturated rings. The van der Waals surface area contributed by atoms with Crippen LogP contribution in [0.25, 0.3) is 0 Å². The van der Waals surface area contributed by atoms with Crippen molar-refractivity contribution in [3.63, 3.8) is 0 Å². The minimum atomic E-state index is -0.485. The molecule has 3 atom stereocenters. The second kappa shape index (κ2) is 32.1. The number of carbonyl (C=O) groups excluding carboxylic acids is 2. The van der Waals surface area contributed by atoms with Crippen LogP contribution in [0.5, 0.6) is 0 Å². The van der Waals surface area contributed by atoms with Crippen molar-refractivity contribution in [3.05, 3.63) is 0 Å². The smallest absolute Gasteiger partial charge is 0.286 e. The first-order valence-corrected chi connectivity index (χ1v) is 8.28. The number of hydrogen-bond donors (Lipinski definition) is 0. The van der Waals surface area contributed by atoms with Gasteiger partial charge in [-0.3, -0.25) is 0 Å². The van der Waals surface area contributed by atoms with E-state index in [2.05, 4.69) is 9.98 Å². The van der Waals surface area contributed by atoms with Crippen molar-refractivity contribution in [2.45, 2.75) is 97.9 Å². The molecule has 0 aromatic carbocycles. The highest BCUT2D eigenvalue weighted by Crippen LogP contribution is 2.19. The summed E-state index contributed by atoms with van der Waals surface area (Å²) >= 11 is 0. The van der Waals surface area contributed by atoms with Crippen molar-refractivity contribution in [1.82, 2.24) is 0 Å². The maximum absolute atomic E-state index is 10.2. The highest BCUT2D eigenvalue weighted by Gasteiger charge is 2.27. The normalized spacial score (nSPS) is 12.7. The summed E-state index contributed by atoms with van der Waals surface area (Å²) in [4.78, 5) is 27.6. The summed E-state index contributed by atoms with van der Waals surface area (Å²) in [6.07, 6.45) is 4.26. The maximum Gasteiger partial charge on any atom is 0.286 e. The van der Waals surface area contributed by atoms with Gasteiger partial charge in [0.05, 0.1) is 51.7 Å². The van der Waals surface area contributed by atoms with Gasteiger partial charge in [0, 0.05) is 5.41 Å². The predicted molar refractivity (Wildman–Crippen MR) is 139 cm³/mol. The van der Waals surface area contributed by atoms with Crippen LogP contribution in [-0.4, -0.2) is 70.0 Å². The van der Waals surface area contributed by atoms with Crippen LogP contribution in [0.15, 0.2) is 9.98 Å². The quantitative estimate of drug-likeness (QED) is 0.164. The summed E-state index contributed by atoms with van der Waals surface area (Å²) in [5, 5.41) is 8.48. The Labute approximate surface area is 205 Å². The van der Waals surface area contributed by atoms with E-state index in [4.69, 9.17) is 24.2 Å². The van der Waals surface area contributed by atoms with Crippen molar-refractivity contribution >= 4 is 12.2 Å². The molecule has 33 heavy (non-hydrogen) atoms. The summed E-state index contributed by atoms with van der Waals surface area (Å²) < 4.78 is 21.6. The first-order chi connectivity index (χ1) is 12.4. The van der Waals surface area contributed by atoms with E-state index in [1.54, 1.807) is 27.0 Å². The van der Waals surface area contributed by atoms with Crippen LogP contribution in [0.3, 0.4) is 0 Å². The molecule has 0 bridgehead atoms. The number of nitrogens with zero attached hydrogens (tertiary/aromatic N) is 3. The summed E-state index contributed by atoms with van der Waals surface area (Å²) in [6, 6.07) is -0.575. The molecular formula is C24H55N3O6. The van der Waals surface area contributed by atoms with Gasteiger partial charge in [0.2, 0.25) is 12.2 Å². The Morgan fingerprint density at radius 2 is 1.06 bits per heavy atom. The highest BCUT2D eigenvalue weighted by atomic mass is 16.5. The van der Waals surface area contributed by atoms with Crippen LogP contribution in [0, 0.1) is 16.9 Å². The molecule has 202 valence electrons. The van der Waals surface area contributed by atoms with Gasteiger partial charge in [0.1, 0.15) is 6.10 Å². The molecule has 0 aromatic rings. The van der Waals surface area contributed by atoms with E-state index in [9.17, 15) is 9.59 Å². The molecule has 0 saturated heterocycles. The van der Waals surface area contributed by atoms with Crippen LogP contribution in [0.4, 0.5) is 0 Å². The standard InChI is InChI=1S/C17H27N3O6.7CH4/c1-14(19-12-21)5-23-8-17(4,9-24-6-15(2)20-13-22)10-25-7-16(3)26-11-18;;;;;;;/h14-16H,5-10H2,1-4H3;7*1H4. The third-order valence-corrected chi connectivity index (χ3v) is 3.22. The fourth-order valence-electron chi connectivity index (χ4n) is 1.93. The summed E-state index contributed by atoms with van der Waals surface area (Å²) in [5.41, 5.74) is -0.485. The average molecular weight is 482 g/mol. The zero-order chi connectivity index (χ0) is 19.8. The summed E-state index contributed by atoms with van der Waals surface area (Å²) in [5.74, 6) is 0. The monoisotopic (exact) mass is 481 g/mol. The van der Waals surface area contributed by atoms with Crippen LogP contribution >= 0.6 is 0 Å². The number of isocyanates is 2. The molecule has 0 aromatic heterocycles. The predicted octanol–water partition coefficient (Wildman–Crippen LogP) is 5.83. The molecule has 0 amide bonds. The fourth-order valence-corrected chi connectivity index (χ4v) is 1.93. The van der Waals surface area contributed by atoms with E-state index < -0.39 is 5.41 Å². The van der Waals surface area contributed by atoms with E-state index in [1.165, 1.54) is 12.2 Å². The van der Waals surface area contributed by atoms with Crippen molar-refractivity contribution in [3.8, 4) is 6.26 Å².